The number of amides is 1. The van der Waals surface area contributed by atoms with Crippen LogP contribution in [0.4, 0.5) is 5.69 Å². The Balaban J connectivity index is 1.65. The molecule has 0 atom stereocenters. The smallest absolute Gasteiger partial charge is 0.291 e. The normalized spacial score (nSPS) is 11.1. The molecule has 0 aliphatic carbocycles. The highest BCUT2D eigenvalue weighted by Gasteiger charge is 2.21. The van der Waals surface area contributed by atoms with Crippen molar-refractivity contribution in [3.05, 3.63) is 59.9 Å². The molecule has 0 saturated carbocycles. The van der Waals surface area contributed by atoms with Gasteiger partial charge in [0.15, 0.2) is 11.6 Å². The van der Waals surface area contributed by atoms with E-state index in [1.165, 1.54) is 0 Å². The van der Waals surface area contributed by atoms with Crippen LogP contribution >= 0.6 is 0 Å². The number of para-hydroxylation sites is 1. The number of benzene rings is 2. The zero-order chi connectivity index (χ0) is 19.5. The van der Waals surface area contributed by atoms with Gasteiger partial charge in [0.05, 0.1) is 6.61 Å². The number of aryl methyl sites for hydroxylation is 1. The Hall–Kier alpha value is -3.52. The van der Waals surface area contributed by atoms with Gasteiger partial charge in [0.1, 0.15) is 5.58 Å². The zero-order valence-corrected chi connectivity index (χ0v) is 15.5. The van der Waals surface area contributed by atoms with Crippen molar-refractivity contribution in [3.8, 4) is 11.4 Å². The quantitative estimate of drug-likeness (QED) is 0.553. The van der Waals surface area contributed by atoms with Gasteiger partial charge in [-0.25, -0.2) is 4.68 Å². The molecule has 142 valence electrons. The number of ether oxygens (including phenoxy) is 1. The van der Waals surface area contributed by atoms with Crippen molar-refractivity contribution in [2.24, 2.45) is 7.05 Å². The first-order valence-corrected chi connectivity index (χ1v) is 8.89. The number of tetrazole rings is 1. The second-order valence-electron chi connectivity index (χ2n) is 6.20. The monoisotopic (exact) mass is 377 g/mol. The Morgan fingerprint density at radius 2 is 2.07 bits per heavy atom. The summed E-state index contributed by atoms with van der Waals surface area (Å²) in [5.74, 6) is 0.524. The van der Waals surface area contributed by atoms with E-state index in [0.29, 0.717) is 30.3 Å². The Bertz CT molecular complexity index is 1130. The van der Waals surface area contributed by atoms with Crippen LogP contribution in [0, 0.1) is 0 Å². The molecule has 1 amide bonds. The van der Waals surface area contributed by atoms with Crippen LogP contribution in [-0.4, -0.2) is 32.7 Å². The van der Waals surface area contributed by atoms with E-state index in [0.717, 1.165) is 16.5 Å². The summed E-state index contributed by atoms with van der Waals surface area (Å²) in [5.41, 5.74) is 2.81. The minimum atomic E-state index is -0.334. The molecule has 0 bridgehead atoms. The van der Waals surface area contributed by atoms with Gasteiger partial charge < -0.3 is 14.5 Å². The average molecular weight is 377 g/mol. The van der Waals surface area contributed by atoms with E-state index in [9.17, 15) is 4.79 Å². The molecular weight excluding hydrogens is 358 g/mol. The molecule has 28 heavy (non-hydrogen) atoms. The lowest BCUT2D eigenvalue weighted by atomic mass is 10.1. The lowest BCUT2D eigenvalue weighted by molar-refractivity contribution is 0.0984. The molecular formula is C20H19N5O3. The Kier molecular flexibility index (Phi) is 4.86. The van der Waals surface area contributed by atoms with Crippen molar-refractivity contribution in [2.75, 3.05) is 11.9 Å². The highest BCUT2D eigenvalue weighted by molar-refractivity contribution is 6.06. The number of hydrogen-bond donors (Lipinski definition) is 1. The number of nitrogens with zero attached hydrogens (tertiary/aromatic N) is 4. The standard InChI is InChI=1S/C20H19N5O3/c1-3-27-12-16-15-9-4-5-10-17(15)28-18(16)20(26)21-14-8-6-7-13(11-14)19-22-23-24-25(19)2/h4-11H,3,12H2,1-2H3,(H,21,26). The Morgan fingerprint density at radius 3 is 2.86 bits per heavy atom. The minimum absolute atomic E-state index is 0.250. The Labute approximate surface area is 161 Å². The number of carbonyl (C=O) groups is 1. The first-order chi connectivity index (χ1) is 13.7. The van der Waals surface area contributed by atoms with Gasteiger partial charge in [-0.05, 0) is 35.5 Å². The van der Waals surface area contributed by atoms with E-state index < -0.39 is 0 Å². The van der Waals surface area contributed by atoms with Crippen LogP contribution in [0.15, 0.2) is 52.9 Å². The number of carbonyl (C=O) groups excluding carboxylic acids is 1. The summed E-state index contributed by atoms with van der Waals surface area (Å²) < 4.78 is 12.9. The van der Waals surface area contributed by atoms with Gasteiger partial charge in [-0.15, -0.1) is 5.10 Å². The first kappa shape index (κ1) is 17.9. The molecule has 4 rings (SSSR count). The third-order valence-corrected chi connectivity index (χ3v) is 4.35. The van der Waals surface area contributed by atoms with Crippen molar-refractivity contribution < 1.29 is 13.9 Å². The number of aromatic nitrogens is 4. The van der Waals surface area contributed by atoms with E-state index in [1.807, 2.05) is 49.4 Å². The fourth-order valence-corrected chi connectivity index (χ4v) is 3.03. The average Bonchev–Trinajstić information content (AvgIpc) is 3.30. The molecule has 0 aliphatic rings. The summed E-state index contributed by atoms with van der Waals surface area (Å²) in [5, 5.41) is 15.2. The highest BCUT2D eigenvalue weighted by atomic mass is 16.5. The van der Waals surface area contributed by atoms with Crippen molar-refractivity contribution in [1.82, 2.24) is 20.2 Å². The van der Waals surface area contributed by atoms with Gasteiger partial charge in [0.25, 0.3) is 5.91 Å². The molecule has 4 aromatic rings. The summed E-state index contributed by atoms with van der Waals surface area (Å²) in [6.45, 7) is 2.77. The maximum Gasteiger partial charge on any atom is 0.291 e. The number of furan rings is 1. The van der Waals surface area contributed by atoms with Crippen LogP contribution in [0.2, 0.25) is 0 Å². The Morgan fingerprint density at radius 1 is 1.21 bits per heavy atom. The van der Waals surface area contributed by atoms with Crippen molar-refractivity contribution in [3.63, 3.8) is 0 Å². The van der Waals surface area contributed by atoms with Gasteiger partial charge in [-0.3, -0.25) is 4.79 Å². The molecule has 2 aromatic carbocycles. The molecule has 2 aromatic heterocycles. The molecule has 8 heteroatoms. The van der Waals surface area contributed by atoms with E-state index in [4.69, 9.17) is 9.15 Å². The van der Waals surface area contributed by atoms with Crippen LogP contribution < -0.4 is 5.32 Å². The van der Waals surface area contributed by atoms with Crippen molar-refractivity contribution in [2.45, 2.75) is 13.5 Å². The maximum absolute atomic E-state index is 12.9. The molecule has 2 heterocycles. The van der Waals surface area contributed by atoms with Gasteiger partial charge in [0, 0.05) is 35.9 Å². The second kappa shape index (κ2) is 7.61. The molecule has 0 radical (unpaired) electrons. The predicted octanol–water partition coefficient (Wildman–Crippen LogP) is 3.41. The van der Waals surface area contributed by atoms with E-state index in [2.05, 4.69) is 20.8 Å². The molecule has 0 saturated heterocycles. The summed E-state index contributed by atoms with van der Waals surface area (Å²) in [4.78, 5) is 12.9. The summed E-state index contributed by atoms with van der Waals surface area (Å²) in [6.07, 6.45) is 0. The molecule has 8 nitrogen and oxygen atoms in total. The number of hydrogen-bond acceptors (Lipinski definition) is 6. The van der Waals surface area contributed by atoms with Gasteiger partial charge in [-0.2, -0.15) is 0 Å². The summed E-state index contributed by atoms with van der Waals surface area (Å²) in [7, 11) is 1.76. The molecule has 0 aliphatic heterocycles. The van der Waals surface area contributed by atoms with Crippen molar-refractivity contribution >= 4 is 22.6 Å². The summed E-state index contributed by atoms with van der Waals surface area (Å²) >= 11 is 0. The predicted molar refractivity (Wildman–Crippen MR) is 104 cm³/mol. The maximum atomic E-state index is 12.9. The SMILES string of the molecule is CCOCc1c(C(=O)Nc2cccc(-c3nnnn3C)c2)oc2ccccc12. The van der Waals surface area contributed by atoms with Crippen LogP contribution in [0.3, 0.4) is 0 Å². The number of nitrogens with one attached hydrogen (secondary N) is 1. The zero-order valence-electron chi connectivity index (χ0n) is 15.5. The molecule has 0 spiro atoms. The summed E-state index contributed by atoms with van der Waals surface area (Å²) in [6, 6.07) is 14.9. The largest absolute Gasteiger partial charge is 0.451 e. The molecule has 0 fully saturated rings. The first-order valence-electron chi connectivity index (χ1n) is 8.89. The van der Waals surface area contributed by atoms with Gasteiger partial charge >= 0.3 is 0 Å². The third kappa shape index (κ3) is 3.37. The molecule has 1 N–H and O–H groups in total. The van der Waals surface area contributed by atoms with Gasteiger partial charge in [0.2, 0.25) is 0 Å². The number of rotatable bonds is 6. The molecule has 0 unspecified atom stereocenters. The van der Waals surface area contributed by atoms with Crippen LogP contribution in [-0.2, 0) is 18.4 Å². The van der Waals surface area contributed by atoms with Gasteiger partial charge in [-0.1, -0.05) is 30.3 Å². The number of fused-ring (bicyclic) bond motifs is 1. The van der Waals surface area contributed by atoms with E-state index in [-0.39, 0.29) is 11.7 Å². The van der Waals surface area contributed by atoms with Crippen LogP contribution in [0.1, 0.15) is 23.0 Å². The van der Waals surface area contributed by atoms with Crippen LogP contribution in [0.25, 0.3) is 22.4 Å². The topological polar surface area (TPSA) is 95.1 Å². The minimum Gasteiger partial charge on any atom is -0.451 e. The lowest BCUT2D eigenvalue weighted by Crippen LogP contribution is -2.13. The van der Waals surface area contributed by atoms with E-state index >= 15 is 0 Å². The van der Waals surface area contributed by atoms with Crippen LogP contribution in [0.5, 0.6) is 0 Å². The fourth-order valence-electron chi connectivity index (χ4n) is 3.03. The third-order valence-electron chi connectivity index (χ3n) is 4.35. The highest BCUT2D eigenvalue weighted by Crippen LogP contribution is 2.28. The second-order valence-corrected chi connectivity index (χ2v) is 6.20. The lowest BCUT2D eigenvalue weighted by Gasteiger charge is -2.07. The fraction of sp³-hybridized carbons (Fsp3) is 0.200. The van der Waals surface area contributed by atoms with Crippen molar-refractivity contribution in [1.29, 1.82) is 0 Å². The van der Waals surface area contributed by atoms with E-state index in [1.54, 1.807) is 17.8 Å². The number of anilines is 1.